The quantitative estimate of drug-likeness (QED) is 0.0641. The average Bonchev–Trinajstić information content (AvgIpc) is 3.26. The molecular formula is C39H36N2O7. The summed E-state index contributed by atoms with van der Waals surface area (Å²) >= 11 is 0. The number of ketones is 2. The van der Waals surface area contributed by atoms with E-state index < -0.39 is 28.4 Å². The number of esters is 1. The van der Waals surface area contributed by atoms with Crippen molar-refractivity contribution >= 4 is 44.9 Å². The van der Waals surface area contributed by atoms with Gasteiger partial charge in [-0.15, -0.1) is 0 Å². The van der Waals surface area contributed by atoms with Gasteiger partial charge in [0.15, 0.2) is 17.3 Å². The van der Waals surface area contributed by atoms with Crippen LogP contribution in [0.2, 0.25) is 0 Å². The molecule has 0 aliphatic heterocycles. The Hall–Kier alpha value is -5.44. The number of non-ortho nitro benzene ring substituents is 1. The van der Waals surface area contributed by atoms with Crippen molar-refractivity contribution in [2.45, 2.75) is 71.1 Å². The summed E-state index contributed by atoms with van der Waals surface area (Å²) < 4.78 is 5.81. The number of hydrogen-bond donors (Lipinski definition) is 1. The highest BCUT2D eigenvalue weighted by atomic mass is 16.6. The van der Waals surface area contributed by atoms with Crippen LogP contribution in [0.1, 0.15) is 97.0 Å². The zero-order valence-corrected chi connectivity index (χ0v) is 27.7. The highest BCUT2D eigenvalue weighted by molar-refractivity contribution is 6.30. The molecule has 1 aliphatic carbocycles. The number of aromatic hydroxyl groups is 1. The van der Waals surface area contributed by atoms with E-state index in [0.29, 0.717) is 28.1 Å². The summed E-state index contributed by atoms with van der Waals surface area (Å²) in [6, 6.07) is 19.8. The van der Waals surface area contributed by atoms with E-state index in [1.165, 1.54) is 18.2 Å². The van der Waals surface area contributed by atoms with Crippen LogP contribution in [0.4, 0.5) is 5.69 Å². The first kappa shape index (κ1) is 32.5. The fraction of sp³-hybridized carbons (Fsp3) is 0.282. The van der Waals surface area contributed by atoms with E-state index in [1.807, 2.05) is 53.7 Å². The number of nitro benzene ring substituents is 1. The molecule has 9 nitrogen and oxygen atoms in total. The van der Waals surface area contributed by atoms with E-state index in [2.05, 4.69) is 4.98 Å². The summed E-state index contributed by atoms with van der Waals surface area (Å²) in [6.07, 6.45) is 0.476. The predicted molar refractivity (Wildman–Crippen MR) is 183 cm³/mol. The molecule has 5 aromatic rings. The van der Waals surface area contributed by atoms with Crippen LogP contribution in [0.5, 0.6) is 11.5 Å². The number of carbonyl (C=O) groups is 3. The maximum atomic E-state index is 13.6. The molecule has 0 radical (unpaired) electrons. The van der Waals surface area contributed by atoms with Crippen molar-refractivity contribution in [3.8, 4) is 11.5 Å². The Morgan fingerprint density at radius 3 is 2.04 bits per heavy atom. The Bertz CT molecular complexity index is 2150. The number of nitro groups is 1. The summed E-state index contributed by atoms with van der Waals surface area (Å²) in [4.78, 5) is 55.8. The standard InChI is InChI=1S/C39H36N2O7/c1-38(2,3)28-16-21(17-29(37(28)45)39(4,5)6)10-15-32(42)48-31-9-7-8-22-12-14-30(40-34(22)31)33-35(43)26-19-23-11-13-25(41(46)47)18-24(23)20-27(26)36(33)44/h7-9,11-14,16-20,33,45H,10,15H2,1-6H3. The molecule has 1 heterocycles. The zero-order valence-electron chi connectivity index (χ0n) is 27.7. The highest BCUT2D eigenvalue weighted by Gasteiger charge is 2.41. The first-order valence-electron chi connectivity index (χ1n) is 15.8. The van der Waals surface area contributed by atoms with Gasteiger partial charge in [-0.25, -0.2) is 4.98 Å². The molecule has 48 heavy (non-hydrogen) atoms. The monoisotopic (exact) mass is 644 g/mol. The third-order valence-electron chi connectivity index (χ3n) is 8.85. The minimum Gasteiger partial charge on any atom is -0.507 e. The molecule has 1 unspecified atom stereocenters. The van der Waals surface area contributed by atoms with Gasteiger partial charge in [-0.3, -0.25) is 24.5 Å². The number of pyridine rings is 1. The normalized spacial score (nSPS) is 14.8. The number of aromatic nitrogens is 1. The van der Waals surface area contributed by atoms with Crippen LogP contribution in [0, 0.1) is 10.1 Å². The Morgan fingerprint density at radius 1 is 0.833 bits per heavy atom. The lowest BCUT2D eigenvalue weighted by Crippen LogP contribution is -2.18. The Morgan fingerprint density at radius 2 is 1.44 bits per heavy atom. The van der Waals surface area contributed by atoms with Crippen LogP contribution in [0.15, 0.2) is 72.8 Å². The number of phenolic OH excluding ortho intramolecular Hbond substituents is 1. The second kappa shape index (κ2) is 11.7. The van der Waals surface area contributed by atoms with Gasteiger partial charge in [0.2, 0.25) is 0 Å². The molecule has 0 fully saturated rings. The van der Waals surface area contributed by atoms with Crippen LogP contribution in [-0.4, -0.2) is 32.5 Å². The van der Waals surface area contributed by atoms with Gasteiger partial charge in [0, 0.05) is 35.1 Å². The predicted octanol–water partition coefficient (Wildman–Crippen LogP) is 8.30. The molecule has 4 aromatic carbocycles. The maximum Gasteiger partial charge on any atom is 0.311 e. The summed E-state index contributed by atoms with van der Waals surface area (Å²) in [6.45, 7) is 12.2. The molecule has 0 amide bonds. The largest absolute Gasteiger partial charge is 0.507 e. The maximum absolute atomic E-state index is 13.6. The number of ether oxygens (including phenoxy) is 1. The third kappa shape index (κ3) is 5.92. The molecule has 244 valence electrons. The Balaban J connectivity index is 1.26. The lowest BCUT2D eigenvalue weighted by Gasteiger charge is -2.28. The number of rotatable bonds is 6. The van der Waals surface area contributed by atoms with Crippen LogP contribution >= 0.6 is 0 Å². The van der Waals surface area contributed by atoms with Crippen molar-refractivity contribution in [3.05, 3.63) is 116 Å². The zero-order chi connectivity index (χ0) is 34.7. The lowest BCUT2D eigenvalue weighted by atomic mass is 9.78. The van der Waals surface area contributed by atoms with Gasteiger partial charge >= 0.3 is 5.97 Å². The number of benzene rings is 4. The fourth-order valence-corrected chi connectivity index (χ4v) is 6.29. The molecule has 1 aliphatic rings. The number of para-hydroxylation sites is 1. The number of Topliss-reactive ketones (excluding diaryl/α,β-unsaturated/α-hetero) is 2. The van der Waals surface area contributed by atoms with Gasteiger partial charge in [0.1, 0.15) is 17.2 Å². The number of phenols is 1. The summed E-state index contributed by atoms with van der Waals surface area (Å²) in [5.74, 6) is -2.03. The van der Waals surface area contributed by atoms with Crippen molar-refractivity contribution in [2.75, 3.05) is 0 Å². The Labute approximate surface area is 277 Å². The van der Waals surface area contributed by atoms with Gasteiger partial charge in [0.05, 0.1) is 10.6 Å². The van der Waals surface area contributed by atoms with E-state index in [0.717, 1.165) is 16.7 Å². The summed E-state index contributed by atoms with van der Waals surface area (Å²) in [5.41, 5.74) is 2.84. The number of carbonyl (C=O) groups excluding carboxylic acids is 3. The average molecular weight is 645 g/mol. The second-order valence-electron chi connectivity index (χ2n) is 14.4. The second-order valence-corrected chi connectivity index (χ2v) is 14.4. The minimum atomic E-state index is -1.19. The molecule has 0 spiro atoms. The highest BCUT2D eigenvalue weighted by Crippen LogP contribution is 2.41. The van der Waals surface area contributed by atoms with Crippen LogP contribution in [0.3, 0.4) is 0 Å². The van der Waals surface area contributed by atoms with Gasteiger partial charge in [-0.2, -0.15) is 0 Å². The van der Waals surface area contributed by atoms with Gasteiger partial charge in [0.25, 0.3) is 5.69 Å². The van der Waals surface area contributed by atoms with Gasteiger partial charge in [-0.1, -0.05) is 71.9 Å². The van der Waals surface area contributed by atoms with Crippen LogP contribution < -0.4 is 4.74 Å². The van der Waals surface area contributed by atoms with Crippen LogP contribution in [0.25, 0.3) is 21.7 Å². The minimum absolute atomic E-state index is 0.0780. The lowest BCUT2D eigenvalue weighted by molar-refractivity contribution is -0.384. The molecule has 0 saturated heterocycles. The molecule has 0 saturated carbocycles. The molecule has 1 aromatic heterocycles. The van der Waals surface area contributed by atoms with Crippen molar-refractivity contribution in [2.24, 2.45) is 0 Å². The molecule has 0 bridgehead atoms. The first-order chi connectivity index (χ1) is 22.5. The van der Waals surface area contributed by atoms with Crippen LogP contribution in [-0.2, 0) is 22.0 Å². The molecule has 1 N–H and O–H groups in total. The number of nitrogens with zero attached hydrogens (tertiary/aromatic N) is 2. The third-order valence-corrected chi connectivity index (χ3v) is 8.85. The number of aryl methyl sites for hydroxylation is 1. The van der Waals surface area contributed by atoms with Crippen molar-refractivity contribution < 1.29 is 29.2 Å². The number of hydrogen-bond acceptors (Lipinski definition) is 8. The fourth-order valence-electron chi connectivity index (χ4n) is 6.29. The van der Waals surface area contributed by atoms with Crippen molar-refractivity contribution in [1.82, 2.24) is 4.98 Å². The Kier molecular flexibility index (Phi) is 7.90. The number of fused-ring (bicyclic) bond motifs is 3. The topological polar surface area (TPSA) is 137 Å². The van der Waals surface area contributed by atoms with Gasteiger partial charge in [-0.05, 0) is 75.0 Å². The van der Waals surface area contributed by atoms with Crippen molar-refractivity contribution in [1.29, 1.82) is 0 Å². The van der Waals surface area contributed by atoms with E-state index >= 15 is 0 Å². The molecular weight excluding hydrogens is 608 g/mol. The van der Waals surface area contributed by atoms with E-state index in [-0.39, 0.29) is 51.3 Å². The molecule has 1 atom stereocenters. The summed E-state index contributed by atoms with van der Waals surface area (Å²) in [7, 11) is 0. The van der Waals surface area contributed by atoms with Crippen molar-refractivity contribution in [3.63, 3.8) is 0 Å². The first-order valence-corrected chi connectivity index (χ1v) is 15.8. The SMILES string of the molecule is CC(C)(C)c1cc(CCC(=O)Oc2cccc3ccc(C4C(=O)c5cc6ccc([N+](=O)[O-])cc6cc5C4=O)nc23)cc(C(C)(C)C)c1O. The van der Waals surface area contributed by atoms with E-state index in [4.69, 9.17) is 4.74 Å². The smallest absolute Gasteiger partial charge is 0.311 e. The van der Waals surface area contributed by atoms with E-state index in [1.54, 1.807) is 42.5 Å². The summed E-state index contributed by atoms with van der Waals surface area (Å²) in [5, 5.41) is 24.1. The van der Waals surface area contributed by atoms with Gasteiger partial charge < -0.3 is 9.84 Å². The molecule has 6 rings (SSSR count). The van der Waals surface area contributed by atoms with E-state index in [9.17, 15) is 29.6 Å². The molecule has 9 heteroatoms.